The van der Waals surface area contributed by atoms with Gasteiger partial charge in [-0.15, -0.1) is 11.8 Å². The Morgan fingerprint density at radius 1 is 1.19 bits per heavy atom. The van der Waals surface area contributed by atoms with E-state index in [-0.39, 0.29) is 16.7 Å². The molecule has 1 aliphatic carbocycles. The summed E-state index contributed by atoms with van der Waals surface area (Å²) in [6.45, 7) is 2.69. The van der Waals surface area contributed by atoms with Crippen molar-refractivity contribution in [1.82, 2.24) is 4.98 Å². The second kappa shape index (κ2) is 9.20. The van der Waals surface area contributed by atoms with Crippen LogP contribution in [0.25, 0.3) is 5.57 Å². The van der Waals surface area contributed by atoms with Gasteiger partial charge in [-0.3, -0.25) is 0 Å². The zero-order valence-electron chi connectivity index (χ0n) is 17.4. The highest BCUT2D eigenvalue weighted by Crippen LogP contribution is 2.42. The minimum Gasteiger partial charge on any atom is -0.371 e. The average Bonchev–Trinajstić information content (AvgIpc) is 3.58. The fourth-order valence-electron chi connectivity index (χ4n) is 3.62. The van der Waals surface area contributed by atoms with Gasteiger partial charge in [-0.1, -0.05) is 31.2 Å². The normalized spacial score (nSPS) is 16.7. The summed E-state index contributed by atoms with van der Waals surface area (Å²) in [4.78, 5) is 7.46. The first-order valence-corrected chi connectivity index (χ1v) is 12.0. The van der Waals surface area contributed by atoms with Gasteiger partial charge < -0.3 is 10.2 Å². The first-order valence-electron chi connectivity index (χ1n) is 10.2. The zero-order valence-corrected chi connectivity index (χ0v) is 19.0. The van der Waals surface area contributed by atoms with E-state index in [4.69, 9.17) is 0 Å². The molecule has 1 aromatic carbocycles. The monoisotopic (exact) mass is 463 g/mol. The van der Waals surface area contributed by atoms with Crippen LogP contribution in [0.15, 0.2) is 58.6 Å². The van der Waals surface area contributed by atoms with Gasteiger partial charge in [0.1, 0.15) is 5.82 Å². The Bertz CT molecular complexity index is 996. The SMILES string of the molecule is CCSC1=CC(c2ccc(C3CC3)cc2)=CN(c2cc(SC(F)(F)F)cnc2NC)C1. The molecule has 1 aromatic heterocycles. The molecule has 2 aliphatic rings. The molecule has 2 aromatic rings. The molecular formula is C23H24F3N3S2. The van der Waals surface area contributed by atoms with E-state index in [0.717, 1.165) is 16.9 Å². The third kappa shape index (κ3) is 5.60. The van der Waals surface area contributed by atoms with E-state index in [2.05, 4.69) is 47.6 Å². The number of alkyl halides is 3. The average molecular weight is 464 g/mol. The topological polar surface area (TPSA) is 28.2 Å². The molecule has 1 N–H and O–H groups in total. The van der Waals surface area contributed by atoms with E-state index in [0.29, 0.717) is 24.0 Å². The maximum Gasteiger partial charge on any atom is 0.446 e. The number of benzene rings is 1. The van der Waals surface area contributed by atoms with Crippen molar-refractivity contribution < 1.29 is 13.2 Å². The van der Waals surface area contributed by atoms with E-state index >= 15 is 0 Å². The highest BCUT2D eigenvalue weighted by molar-refractivity contribution is 8.03. The van der Waals surface area contributed by atoms with Crippen LogP contribution in [0.5, 0.6) is 0 Å². The largest absolute Gasteiger partial charge is 0.446 e. The Labute approximate surface area is 189 Å². The first-order chi connectivity index (χ1) is 14.9. The van der Waals surface area contributed by atoms with Crippen molar-refractivity contribution in [3.05, 3.63) is 64.8 Å². The number of pyridine rings is 1. The Kier molecular flexibility index (Phi) is 6.57. The van der Waals surface area contributed by atoms with Crippen molar-refractivity contribution in [2.24, 2.45) is 0 Å². The molecule has 1 fully saturated rings. The van der Waals surface area contributed by atoms with Crippen LogP contribution in [-0.4, -0.2) is 29.8 Å². The lowest BCUT2D eigenvalue weighted by Gasteiger charge is -2.29. The van der Waals surface area contributed by atoms with Crippen LogP contribution < -0.4 is 10.2 Å². The second-order valence-corrected chi connectivity index (χ2v) is 10.0. The van der Waals surface area contributed by atoms with Gasteiger partial charge in [0.05, 0.1) is 12.2 Å². The summed E-state index contributed by atoms with van der Waals surface area (Å²) in [6, 6.07) is 10.2. The maximum atomic E-state index is 12.9. The highest BCUT2D eigenvalue weighted by Gasteiger charge is 2.30. The van der Waals surface area contributed by atoms with Gasteiger partial charge in [0.2, 0.25) is 0 Å². The maximum absolute atomic E-state index is 12.9. The van der Waals surface area contributed by atoms with Crippen LogP contribution in [0.2, 0.25) is 0 Å². The van der Waals surface area contributed by atoms with Crippen LogP contribution in [0.3, 0.4) is 0 Å². The molecule has 4 rings (SSSR count). The van der Waals surface area contributed by atoms with Crippen LogP contribution >= 0.6 is 23.5 Å². The lowest BCUT2D eigenvalue weighted by atomic mass is 10.0. The summed E-state index contributed by atoms with van der Waals surface area (Å²) in [5, 5.41) is 3.01. The highest BCUT2D eigenvalue weighted by atomic mass is 32.2. The molecule has 8 heteroatoms. The van der Waals surface area contributed by atoms with E-state index in [1.807, 2.05) is 11.1 Å². The number of rotatable bonds is 7. The number of allylic oxidation sites excluding steroid dienone is 2. The van der Waals surface area contributed by atoms with Gasteiger partial charge >= 0.3 is 5.51 Å². The lowest BCUT2D eigenvalue weighted by Crippen LogP contribution is -2.23. The van der Waals surface area contributed by atoms with E-state index in [9.17, 15) is 13.2 Å². The molecular weight excluding hydrogens is 439 g/mol. The molecule has 3 nitrogen and oxygen atoms in total. The smallest absolute Gasteiger partial charge is 0.371 e. The predicted octanol–water partition coefficient (Wildman–Crippen LogP) is 7.11. The number of hydrogen-bond acceptors (Lipinski definition) is 5. The van der Waals surface area contributed by atoms with Crippen molar-refractivity contribution in [3.8, 4) is 0 Å². The summed E-state index contributed by atoms with van der Waals surface area (Å²) in [6.07, 6.45) is 7.97. The van der Waals surface area contributed by atoms with Gasteiger partial charge in [-0.25, -0.2) is 4.98 Å². The number of nitrogens with one attached hydrogen (secondary N) is 1. The number of thioether (sulfide) groups is 2. The Hall–Kier alpha value is -2.06. The van der Waals surface area contributed by atoms with Crippen molar-refractivity contribution in [2.45, 2.75) is 36.1 Å². The second-order valence-electron chi connectivity index (χ2n) is 7.49. The molecule has 0 saturated heterocycles. The van der Waals surface area contributed by atoms with Crippen LogP contribution in [0.4, 0.5) is 24.7 Å². The zero-order chi connectivity index (χ0) is 22.0. The molecule has 0 radical (unpaired) electrons. The third-order valence-electron chi connectivity index (χ3n) is 5.18. The summed E-state index contributed by atoms with van der Waals surface area (Å²) < 4.78 is 38.8. The van der Waals surface area contributed by atoms with E-state index < -0.39 is 5.51 Å². The minimum atomic E-state index is -4.35. The molecule has 0 unspecified atom stereocenters. The van der Waals surface area contributed by atoms with Crippen molar-refractivity contribution in [1.29, 1.82) is 0 Å². The van der Waals surface area contributed by atoms with E-state index in [1.54, 1.807) is 24.9 Å². The molecule has 164 valence electrons. The fraction of sp³-hybridized carbons (Fsp3) is 0.348. The Morgan fingerprint density at radius 2 is 1.94 bits per heavy atom. The van der Waals surface area contributed by atoms with Gasteiger partial charge in [-0.2, -0.15) is 13.2 Å². The van der Waals surface area contributed by atoms with Gasteiger partial charge in [-0.05, 0) is 65.1 Å². The van der Waals surface area contributed by atoms with Crippen LogP contribution in [0.1, 0.15) is 36.8 Å². The number of anilines is 2. The van der Waals surface area contributed by atoms with Gasteiger partial charge in [0.25, 0.3) is 0 Å². The van der Waals surface area contributed by atoms with Crippen molar-refractivity contribution in [3.63, 3.8) is 0 Å². The standard InChI is InChI=1S/C23H24F3N3S2/c1-3-30-20-10-18(17-8-6-16(7-9-17)15-4-5-15)13-29(14-20)21-11-19(31-23(24,25)26)12-28-22(21)27-2/h6-13,15H,3-5,14H2,1-2H3,(H,27,28). The lowest BCUT2D eigenvalue weighted by molar-refractivity contribution is -0.0328. The Balaban J connectivity index is 1.69. The molecule has 2 heterocycles. The summed E-state index contributed by atoms with van der Waals surface area (Å²) in [7, 11) is 1.73. The van der Waals surface area contributed by atoms with Gasteiger partial charge in [0.15, 0.2) is 0 Å². The van der Waals surface area contributed by atoms with Crippen molar-refractivity contribution >= 4 is 40.6 Å². The number of hydrogen-bond donors (Lipinski definition) is 1. The molecule has 1 aliphatic heterocycles. The van der Waals surface area contributed by atoms with Gasteiger partial charge in [0, 0.05) is 29.2 Å². The number of nitrogens with zero attached hydrogens (tertiary/aromatic N) is 2. The quantitative estimate of drug-likeness (QED) is 0.442. The first kappa shape index (κ1) is 22.1. The molecule has 0 bridgehead atoms. The Morgan fingerprint density at radius 3 is 2.55 bits per heavy atom. The number of aromatic nitrogens is 1. The molecule has 31 heavy (non-hydrogen) atoms. The molecule has 0 spiro atoms. The third-order valence-corrected chi connectivity index (χ3v) is 6.78. The van der Waals surface area contributed by atoms with Crippen molar-refractivity contribution in [2.75, 3.05) is 29.6 Å². The summed E-state index contributed by atoms with van der Waals surface area (Å²) >= 11 is 1.61. The molecule has 1 saturated carbocycles. The summed E-state index contributed by atoms with van der Waals surface area (Å²) in [5.74, 6) is 2.18. The van der Waals surface area contributed by atoms with Crippen LogP contribution in [-0.2, 0) is 0 Å². The summed E-state index contributed by atoms with van der Waals surface area (Å²) in [5.41, 5.74) is -0.201. The van der Waals surface area contributed by atoms with E-state index in [1.165, 1.54) is 29.5 Å². The van der Waals surface area contributed by atoms with Crippen LogP contribution in [0, 0.1) is 0 Å². The fourth-order valence-corrected chi connectivity index (χ4v) is 4.98. The number of halogens is 3. The predicted molar refractivity (Wildman–Crippen MR) is 126 cm³/mol. The molecule has 0 atom stereocenters. The minimum absolute atomic E-state index is 0.0736. The molecule has 0 amide bonds.